The Labute approximate surface area is 68.1 Å². The van der Waals surface area contributed by atoms with Gasteiger partial charge in [0.1, 0.15) is 6.61 Å². The summed E-state index contributed by atoms with van der Waals surface area (Å²) in [6.45, 7) is 0.266. The van der Waals surface area contributed by atoms with Crippen LogP contribution in [0.4, 0.5) is 0 Å². The molecule has 0 saturated carbocycles. The monoisotopic (exact) mass is 175 g/mol. The number of carbonyl (C=O) groups is 2. The maximum atomic E-state index is 10.5. The molecule has 0 bridgehead atoms. The van der Waals surface area contributed by atoms with Gasteiger partial charge >= 0.3 is 18.4 Å². The van der Waals surface area contributed by atoms with Crippen molar-refractivity contribution in [2.75, 3.05) is 13.2 Å². The van der Waals surface area contributed by atoms with E-state index in [4.69, 9.17) is 5.11 Å². The van der Waals surface area contributed by atoms with Gasteiger partial charge in [0.2, 0.25) is 0 Å². The van der Waals surface area contributed by atoms with Crippen LogP contribution in [0.25, 0.3) is 0 Å². The van der Waals surface area contributed by atoms with E-state index in [1.165, 1.54) is 0 Å². The molecule has 6 heteroatoms. The predicted molar refractivity (Wildman–Crippen MR) is 34.9 cm³/mol. The SMILES string of the molecule is O=[C]OCC(=O)OCCC(=O)O. The molecular formula is C6H7O6. The summed E-state index contributed by atoms with van der Waals surface area (Å²) < 4.78 is 8.26. The maximum Gasteiger partial charge on any atom is 0.418 e. The van der Waals surface area contributed by atoms with E-state index in [2.05, 4.69) is 9.47 Å². The third kappa shape index (κ3) is 6.53. The van der Waals surface area contributed by atoms with Gasteiger partial charge in [-0.05, 0) is 0 Å². The van der Waals surface area contributed by atoms with Crippen molar-refractivity contribution in [3.05, 3.63) is 0 Å². The second-order valence-corrected chi connectivity index (χ2v) is 1.74. The van der Waals surface area contributed by atoms with Crippen LogP contribution in [-0.4, -0.2) is 36.7 Å². The fourth-order valence-corrected chi connectivity index (χ4v) is 0.382. The molecule has 12 heavy (non-hydrogen) atoms. The van der Waals surface area contributed by atoms with Crippen molar-refractivity contribution < 1.29 is 29.0 Å². The van der Waals surface area contributed by atoms with Gasteiger partial charge in [0, 0.05) is 0 Å². The molecule has 0 spiro atoms. The molecule has 0 amide bonds. The molecule has 0 heterocycles. The van der Waals surface area contributed by atoms with E-state index in [1.54, 1.807) is 0 Å². The number of ether oxygens (including phenoxy) is 2. The average molecular weight is 175 g/mol. The van der Waals surface area contributed by atoms with Crippen LogP contribution in [0, 0.1) is 0 Å². The normalized spacial score (nSPS) is 8.67. The zero-order valence-corrected chi connectivity index (χ0v) is 6.11. The van der Waals surface area contributed by atoms with E-state index in [9.17, 15) is 14.4 Å². The van der Waals surface area contributed by atoms with Crippen molar-refractivity contribution >= 4 is 18.4 Å². The van der Waals surface area contributed by atoms with Gasteiger partial charge in [-0.1, -0.05) is 0 Å². The zero-order valence-electron chi connectivity index (χ0n) is 6.11. The first kappa shape index (κ1) is 10.4. The molecule has 0 aromatic carbocycles. The van der Waals surface area contributed by atoms with E-state index >= 15 is 0 Å². The Balaban J connectivity index is 3.31. The molecule has 0 fully saturated rings. The molecule has 0 aromatic rings. The molecule has 67 valence electrons. The maximum absolute atomic E-state index is 10.5. The molecular weight excluding hydrogens is 168 g/mol. The van der Waals surface area contributed by atoms with Gasteiger partial charge in [-0.3, -0.25) is 4.79 Å². The minimum Gasteiger partial charge on any atom is -0.481 e. The van der Waals surface area contributed by atoms with Crippen LogP contribution in [0.15, 0.2) is 0 Å². The lowest BCUT2D eigenvalue weighted by Gasteiger charge is -2.00. The number of aliphatic carboxylic acids is 1. The summed E-state index contributed by atoms with van der Waals surface area (Å²) >= 11 is 0. The second-order valence-electron chi connectivity index (χ2n) is 1.74. The van der Waals surface area contributed by atoms with Crippen molar-refractivity contribution in [1.82, 2.24) is 0 Å². The molecule has 0 rings (SSSR count). The van der Waals surface area contributed by atoms with Crippen LogP contribution in [0.5, 0.6) is 0 Å². The number of carbonyl (C=O) groups excluding carboxylic acids is 2. The summed E-state index contributed by atoms with van der Waals surface area (Å²) in [6, 6.07) is 0. The fourth-order valence-electron chi connectivity index (χ4n) is 0.382. The average Bonchev–Trinajstić information content (AvgIpc) is 2.00. The Bertz CT molecular complexity index is 175. The quantitative estimate of drug-likeness (QED) is 0.525. The van der Waals surface area contributed by atoms with Crippen LogP contribution in [-0.2, 0) is 23.9 Å². The Morgan fingerprint density at radius 2 is 2.08 bits per heavy atom. The highest BCUT2D eigenvalue weighted by Crippen LogP contribution is 1.84. The molecule has 6 nitrogen and oxygen atoms in total. The first-order chi connectivity index (χ1) is 5.66. The summed E-state index contributed by atoms with van der Waals surface area (Å²) in [7, 11) is 0. The number of hydrogen-bond acceptors (Lipinski definition) is 5. The van der Waals surface area contributed by atoms with Gasteiger partial charge < -0.3 is 14.6 Å². The molecule has 0 aliphatic heterocycles. The highest BCUT2D eigenvalue weighted by Gasteiger charge is 2.04. The molecule has 1 N–H and O–H groups in total. The number of esters is 1. The molecule has 0 aliphatic rings. The van der Waals surface area contributed by atoms with Crippen LogP contribution in [0.1, 0.15) is 6.42 Å². The van der Waals surface area contributed by atoms with Gasteiger partial charge in [0.05, 0.1) is 6.42 Å². The van der Waals surface area contributed by atoms with Crippen LogP contribution < -0.4 is 0 Å². The molecule has 0 aromatic heterocycles. The summed E-state index contributed by atoms with van der Waals surface area (Å²) in [5.41, 5.74) is 0. The molecule has 0 atom stereocenters. The van der Waals surface area contributed by atoms with Gasteiger partial charge in [0.15, 0.2) is 6.61 Å². The van der Waals surface area contributed by atoms with E-state index in [0.29, 0.717) is 0 Å². The molecule has 0 saturated heterocycles. The van der Waals surface area contributed by atoms with Gasteiger partial charge in [0.25, 0.3) is 0 Å². The second kappa shape index (κ2) is 6.14. The molecule has 0 unspecified atom stereocenters. The molecule has 0 aliphatic carbocycles. The Hall–Kier alpha value is -1.59. The Morgan fingerprint density at radius 1 is 1.42 bits per heavy atom. The van der Waals surface area contributed by atoms with Gasteiger partial charge in [-0.25, -0.2) is 9.59 Å². The van der Waals surface area contributed by atoms with E-state index in [1.807, 2.05) is 0 Å². The number of carboxylic acid groups (broad SMARTS) is 1. The lowest BCUT2D eigenvalue weighted by atomic mass is 10.5. The minimum atomic E-state index is -1.06. The smallest absolute Gasteiger partial charge is 0.418 e. The highest BCUT2D eigenvalue weighted by molar-refractivity contribution is 5.72. The summed E-state index contributed by atoms with van der Waals surface area (Å²) in [6.07, 6.45) is -0.267. The van der Waals surface area contributed by atoms with E-state index < -0.39 is 18.5 Å². The number of hydrogen-bond donors (Lipinski definition) is 1. The first-order valence-electron chi connectivity index (χ1n) is 3.03. The standard InChI is InChI=1S/C6H7O6/c7-4-11-3-6(10)12-2-1-5(8)9/h1-3H2,(H,8,9). The van der Waals surface area contributed by atoms with Gasteiger partial charge in [-0.2, -0.15) is 0 Å². The van der Waals surface area contributed by atoms with Gasteiger partial charge in [-0.15, -0.1) is 0 Å². The lowest BCUT2D eigenvalue weighted by molar-refractivity contribution is -0.148. The Kier molecular flexibility index (Phi) is 5.33. The van der Waals surface area contributed by atoms with E-state index in [0.717, 1.165) is 6.47 Å². The third-order valence-corrected chi connectivity index (χ3v) is 0.828. The Morgan fingerprint density at radius 3 is 2.58 bits per heavy atom. The minimum absolute atomic E-state index is 0.226. The highest BCUT2D eigenvalue weighted by atomic mass is 16.6. The summed E-state index contributed by atoms with van der Waals surface area (Å²) in [4.78, 5) is 29.8. The predicted octanol–water partition coefficient (Wildman–Crippen LogP) is -0.912. The van der Waals surface area contributed by atoms with E-state index in [-0.39, 0.29) is 13.0 Å². The lowest BCUT2D eigenvalue weighted by Crippen LogP contribution is -2.14. The third-order valence-electron chi connectivity index (χ3n) is 0.828. The summed E-state index contributed by atoms with van der Waals surface area (Å²) in [5, 5.41) is 8.12. The first-order valence-corrected chi connectivity index (χ1v) is 3.03. The number of carboxylic acids is 1. The van der Waals surface area contributed by atoms with Crippen molar-refractivity contribution in [2.45, 2.75) is 6.42 Å². The van der Waals surface area contributed by atoms with Crippen molar-refractivity contribution in [1.29, 1.82) is 0 Å². The number of rotatable bonds is 6. The van der Waals surface area contributed by atoms with Crippen LogP contribution in [0.2, 0.25) is 0 Å². The van der Waals surface area contributed by atoms with Crippen molar-refractivity contribution in [3.63, 3.8) is 0 Å². The van der Waals surface area contributed by atoms with Crippen molar-refractivity contribution in [2.24, 2.45) is 0 Å². The topological polar surface area (TPSA) is 89.9 Å². The van der Waals surface area contributed by atoms with Crippen LogP contribution in [0.3, 0.4) is 0 Å². The van der Waals surface area contributed by atoms with Crippen molar-refractivity contribution in [3.8, 4) is 0 Å². The zero-order chi connectivity index (χ0) is 9.40. The fraction of sp³-hybridized carbons (Fsp3) is 0.500. The van der Waals surface area contributed by atoms with Crippen LogP contribution >= 0.6 is 0 Å². The largest absolute Gasteiger partial charge is 0.481 e. The summed E-state index contributed by atoms with van der Waals surface area (Å²) in [5.74, 6) is -1.86. The molecule has 1 radical (unpaired) electrons.